The van der Waals surface area contributed by atoms with Gasteiger partial charge in [0.05, 0.1) is 12.7 Å². The average molecular weight is 217 g/mol. The highest BCUT2D eigenvalue weighted by atomic mass is 15.3. The van der Waals surface area contributed by atoms with Crippen LogP contribution in [0.4, 0.5) is 0 Å². The maximum absolute atomic E-state index is 4.19. The zero-order valence-corrected chi connectivity index (χ0v) is 9.51. The van der Waals surface area contributed by atoms with Crippen molar-refractivity contribution >= 4 is 0 Å². The minimum Gasteiger partial charge on any atom is -0.306 e. The first-order valence-corrected chi connectivity index (χ1v) is 5.21. The lowest BCUT2D eigenvalue weighted by atomic mass is 10.2. The standard InChI is InChI=1S/C11H15N5/c1-9-10(7-15-16(9)2)6-12-8-11-13-4-3-5-14-11/h3-5,7,12H,6,8H2,1-2H3. The SMILES string of the molecule is Cc1c(CNCc2ncccn2)cnn1C. The molecule has 0 radical (unpaired) electrons. The first-order chi connectivity index (χ1) is 7.77. The van der Waals surface area contributed by atoms with Crippen LogP contribution in [0.3, 0.4) is 0 Å². The number of hydrogen-bond donors (Lipinski definition) is 1. The molecular formula is C11H15N5. The van der Waals surface area contributed by atoms with Crippen LogP contribution in [0.25, 0.3) is 0 Å². The number of nitrogens with one attached hydrogen (secondary N) is 1. The third kappa shape index (κ3) is 2.43. The monoisotopic (exact) mass is 217 g/mol. The van der Waals surface area contributed by atoms with Gasteiger partial charge in [0.15, 0.2) is 0 Å². The molecule has 0 atom stereocenters. The highest BCUT2D eigenvalue weighted by Gasteiger charge is 2.02. The average Bonchev–Trinajstić information content (AvgIpc) is 2.62. The van der Waals surface area contributed by atoms with Gasteiger partial charge in [0.2, 0.25) is 0 Å². The zero-order chi connectivity index (χ0) is 11.4. The van der Waals surface area contributed by atoms with Crippen molar-refractivity contribution in [3.05, 3.63) is 41.7 Å². The second-order valence-corrected chi connectivity index (χ2v) is 3.65. The Kier molecular flexibility index (Phi) is 3.26. The molecule has 0 spiro atoms. The smallest absolute Gasteiger partial charge is 0.141 e. The van der Waals surface area contributed by atoms with Gasteiger partial charge in [-0.25, -0.2) is 9.97 Å². The third-order valence-electron chi connectivity index (χ3n) is 2.55. The van der Waals surface area contributed by atoms with Gasteiger partial charge in [-0.3, -0.25) is 4.68 Å². The lowest BCUT2D eigenvalue weighted by molar-refractivity contribution is 0.657. The predicted octanol–water partition coefficient (Wildman–Crippen LogP) is 0.808. The van der Waals surface area contributed by atoms with Gasteiger partial charge in [-0.15, -0.1) is 0 Å². The van der Waals surface area contributed by atoms with E-state index in [-0.39, 0.29) is 0 Å². The van der Waals surface area contributed by atoms with Gasteiger partial charge in [0.1, 0.15) is 5.82 Å². The molecule has 0 saturated carbocycles. The lowest BCUT2D eigenvalue weighted by Crippen LogP contribution is -2.15. The molecule has 0 aliphatic rings. The molecule has 2 rings (SSSR count). The molecule has 0 aliphatic heterocycles. The largest absolute Gasteiger partial charge is 0.306 e. The summed E-state index contributed by atoms with van der Waals surface area (Å²) in [4.78, 5) is 8.29. The van der Waals surface area contributed by atoms with Gasteiger partial charge in [0, 0.05) is 37.2 Å². The molecule has 0 fully saturated rings. The van der Waals surface area contributed by atoms with Crippen molar-refractivity contribution in [2.75, 3.05) is 0 Å². The molecule has 5 nitrogen and oxygen atoms in total. The summed E-state index contributed by atoms with van der Waals surface area (Å²) in [6, 6.07) is 1.81. The minimum absolute atomic E-state index is 0.676. The summed E-state index contributed by atoms with van der Waals surface area (Å²) < 4.78 is 1.87. The third-order valence-corrected chi connectivity index (χ3v) is 2.55. The van der Waals surface area contributed by atoms with Gasteiger partial charge in [-0.05, 0) is 13.0 Å². The maximum atomic E-state index is 4.19. The van der Waals surface area contributed by atoms with E-state index in [4.69, 9.17) is 0 Å². The summed E-state index contributed by atoms with van der Waals surface area (Å²) in [5, 5.41) is 7.48. The molecular weight excluding hydrogens is 202 g/mol. The Bertz CT molecular complexity index is 449. The first kappa shape index (κ1) is 10.8. The zero-order valence-electron chi connectivity index (χ0n) is 9.51. The highest BCUT2D eigenvalue weighted by molar-refractivity contribution is 5.15. The molecule has 0 unspecified atom stereocenters. The van der Waals surface area contributed by atoms with Crippen molar-refractivity contribution in [3.8, 4) is 0 Å². The van der Waals surface area contributed by atoms with E-state index in [0.717, 1.165) is 12.4 Å². The number of nitrogens with zero attached hydrogens (tertiary/aromatic N) is 4. The van der Waals surface area contributed by atoms with Gasteiger partial charge in [0.25, 0.3) is 0 Å². The van der Waals surface area contributed by atoms with E-state index in [9.17, 15) is 0 Å². The normalized spacial score (nSPS) is 10.6. The lowest BCUT2D eigenvalue weighted by Gasteiger charge is -2.03. The first-order valence-electron chi connectivity index (χ1n) is 5.21. The van der Waals surface area contributed by atoms with Crippen LogP contribution in [0.5, 0.6) is 0 Å². The topological polar surface area (TPSA) is 55.6 Å². The van der Waals surface area contributed by atoms with E-state index < -0.39 is 0 Å². The van der Waals surface area contributed by atoms with Crippen molar-refractivity contribution in [1.82, 2.24) is 25.1 Å². The van der Waals surface area contributed by atoms with Crippen molar-refractivity contribution in [2.24, 2.45) is 7.05 Å². The van der Waals surface area contributed by atoms with E-state index >= 15 is 0 Å². The molecule has 5 heteroatoms. The minimum atomic E-state index is 0.676. The second kappa shape index (κ2) is 4.85. The van der Waals surface area contributed by atoms with Crippen LogP contribution in [0.1, 0.15) is 17.1 Å². The van der Waals surface area contributed by atoms with E-state index in [1.54, 1.807) is 12.4 Å². The van der Waals surface area contributed by atoms with Crippen LogP contribution < -0.4 is 5.32 Å². The summed E-state index contributed by atoms with van der Waals surface area (Å²) in [6.07, 6.45) is 5.38. The molecule has 2 aromatic heterocycles. The Morgan fingerprint density at radius 3 is 2.62 bits per heavy atom. The van der Waals surface area contributed by atoms with E-state index in [1.165, 1.54) is 11.3 Å². The number of aryl methyl sites for hydroxylation is 1. The Morgan fingerprint density at radius 1 is 1.25 bits per heavy atom. The van der Waals surface area contributed by atoms with Crippen LogP contribution >= 0.6 is 0 Å². The van der Waals surface area contributed by atoms with E-state index in [1.807, 2.05) is 24.0 Å². The maximum Gasteiger partial charge on any atom is 0.141 e. The number of rotatable bonds is 4. The molecule has 0 bridgehead atoms. The summed E-state index contributed by atoms with van der Waals surface area (Å²) in [6.45, 7) is 3.52. The van der Waals surface area contributed by atoms with E-state index in [0.29, 0.717) is 6.54 Å². The molecule has 0 saturated heterocycles. The molecule has 2 heterocycles. The highest BCUT2D eigenvalue weighted by Crippen LogP contribution is 2.04. The Morgan fingerprint density at radius 2 is 2.00 bits per heavy atom. The Hall–Kier alpha value is -1.75. The Balaban J connectivity index is 1.87. The van der Waals surface area contributed by atoms with Gasteiger partial charge < -0.3 is 5.32 Å². The van der Waals surface area contributed by atoms with Crippen LogP contribution in [-0.2, 0) is 20.1 Å². The fourth-order valence-corrected chi connectivity index (χ4v) is 1.45. The second-order valence-electron chi connectivity index (χ2n) is 3.65. The fourth-order valence-electron chi connectivity index (χ4n) is 1.45. The van der Waals surface area contributed by atoms with Gasteiger partial charge in [-0.2, -0.15) is 5.10 Å². The van der Waals surface area contributed by atoms with Crippen molar-refractivity contribution in [3.63, 3.8) is 0 Å². The molecule has 0 aliphatic carbocycles. The summed E-state index contributed by atoms with van der Waals surface area (Å²) in [5.41, 5.74) is 2.39. The van der Waals surface area contributed by atoms with Crippen LogP contribution in [-0.4, -0.2) is 19.7 Å². The van der Waals surface area contributed by atoms with Crippen molar-refractivity contribution in [1.29, 1.82) is 0 Å². The molecule has 0 amide bonds. The van der Waals surface area contributed by atoms with Crippen LogP contribution in [0, 0.1) is 6.92 Å². The summed E-state index contributed by atoms with van der Waals surface area (Å²) in [5.74, 6) is 0.809. The van der Waals surface area contributed by atoms with Crippen LogP contribution in [0.15, 0.2) is 24.7 Å². The van der Waals surface area contributed by atoms with Gasteiger partial charge in [-0.1, -0.05) is 0 Å². The van der Waals surface area contributed by atoms with Gasteiger partial charge >= 0.3 is 0 Å². The fraction of sp³-hybridized carbons (Fsp3) is 0.364. The summed E-state index contributed by atoms with van der Waals surface area (Å²) in [7, 11) is 1.94. The molecule has 2 aromatic rings. The van der Waals surface area contributed by atoms with E-state index in [2.05, 4.69) is 27.3 Å². The predicted molar refractivity (Wildman–Crippen MR) is 60.5 cm³/mol. The number of aromatic nitrogens is 4. The van der Waals surface area contributed by atoms with Crippen molar-refractivity contribution < 1.29 is 0 Å². The molecule has 0 aromatic carbocycles. The summed E-state index contributed by atoms with van der Waals surface area (Å²) >= 11 is 0. The van der Waals surface area contributed by atoms with Crippen molar-refractivity contribution in [2.45, 2.75) is 20.0 Å². The Labute approximate surface area is 94.5 Å². The quantitative estimate of drug-likeness (QED) is 0.823. The number of hydrogen-bond acceptors (Lipinski definition) is 4. The van der Waals surface area contributed by atoms with Crippen LogP contribution in [0.2, 0.25) is 0 Å². The molecule has 84 valence electrons. The molecule has 16 heavy (non-hydrogen) atoms. The molecule has 1 N–H and O–H groups in total.